The number of aromatic carboxylic acids is 1. The number of nitrogens with zero attached hydrogens (tertiary/aromatic N) is 3. The lowest BCUT2D eigenvalue weighted by molar-refractivity contribution is -0.117. The molecule has 30 heavy (non-hydrogen) atoms. The zero-order valence-electron chi connectivity index (χ0n) is 16.1. The first kappa shape index (κ1) is 19.3. The Morgan fingerprint density at radius 3 is 2.37 bits per heavy atom. The molecule has 2 heterocycles. The highest BCUT2D eigenvalue weighted by atomic mass is 16.5. The first-order valence-corrected chi connectivity index (χ1v) is 9.43. The lowest BCUT2D eigenvalue weighted by atomic mass is 10.0. The smallest absolute Gasteiger partial charge is 0.354 e. The lowest BCUT2D eigenvalue weighted by Gasteiger charge is -2.09. The highest BCUT2D eigenvalue weighted by Crippen LogP contribution is 2.20. The van der Waals surface area contributed by atoms with Gasteiger partial charge in [0, 0.05) is 6.42 Å². The minimum Gasteiger partial charge on any atom is -0.477 e. The van der Waals surface area contributed by atoms with Crippen molar-refractivity contribution in [1.29, 1.82) is 0 Å². The Labute approximate surface area is 173 Å². The summed E-state index contributed by atoms with van der Waals surface area (Å²) in [4.78, 5) is 27.5. The number of aromatic nitrogens is 1. The van der Waals surface area contributed by atoms with Crippen LogP contribution in [0.2, 0.25) is 0 Å². The van der Waals surface area contributed by atoms with Crippen LogP contribution in [-0.2, 0) is 16.0 Å². The summed E-state index contributed by atoms with van der Waals surface area (Å²) < 4.78 is 5.47. The monoisotopic (exact) mass is 401 g/mol. The Hall–Kier alpha value is -4.00. The normalized spacial score (nSPS) is 12.9. The van der Waals surface area contributed by atoms with Crippen molar-refractivity contribution < 1.29 is 19.4 Å². The van der Waals surface area contributed by atoms with Gasteiger partial charge in [-0.2, -0.15) is 0 Å². The maximum Gasteiger partial charge on any atom is 0.354 e. The third-order valence-corrected chi connectivity index (χ3v) is 4.61. The van der Waals surface area contributed by atoms with Gasteiger partial charge in [0.2, 0.25) is 5.90 Å². The molecule has 0 atom stereocenters. The molecule has 3 aromatic rings. The highest BCUT2D eigenvalue weighted by Gasteiger charge is 2.21. The fourth-order valence-corrected chi connectivity index (χ4v) is 3.12. The number of carbonyl (C=O) groups excluding carboxylic acids is 1. The van der Waals surface area contributed by atoms with E-state index in [2.05, 4.69) is 10.1 Å². The predicted octanol–water partition coefficient (Wildman–Crippen LogP) is 3.76. The molecule has 0 bridgehead atoms. The van der Waals surface area contributed by atoms with E-state index in [1.165, 1.54) is 11.1 Å². The van der Waals surface area contributed by atoms with Crippen molar-refractivity contribution in [2.24, 2.45) is 5.10 Å². The Balaban J connectivity index is 1.37. The number of benzene rings is 2. The number of rotatable bonds is 7. The number of carboxylic acids is 1. The van der Waals surface area contributed by atoms with Crippen LogP contribution >= 0.6 is 0 Å². The van der Waals surface area contributed by atoms with Gasteiger partial charge in [0.25, 0.3) is 0 Å². The Morgan fingerprint density at radius 1 is 0.900 bits per heavy atom. The molecule has 0 saturated heterocycles. The van der Waals surface area contributed by atoms with Gasteiger partial charge in [0.05, 0.1) is 6.42 Å². The van der Waals surface area contributed by atoms with Gasteiger partial charge in [0.15, 0.2) is 18.2 Å². The lowest BCUT2D eigenvalue weighted by Crippen LogP contribution is -2.15. The molecule has 1 aliphatic rings. The molecule has 0 unspecified atom stereocenters. The number of Topliss-reactive ketones (excluding diaryl/α,β-unsaturated/α-hetero) is 1. The van der Waals surface area contributed by atoms with E-state index in [-0.39, 0.29) is 31.0 Å². The first-order chi connectivity index (χ1) is 14.6. The van der Waals surface area contributed by atoms with Crippen molar-refractivity contribution in [3.63, 3.8) is 0 Å². The molecule has 4 rings (SSSR count). The van der Waals surface area contributed by atoms with E-state index in [1.807, 2.05) is 54.6 Å². The summed E-state index contributed by atoms with van der Waals surface area (Å²) in [5.74, 6) is -0.484. The van der Waals surface area contributed by atoms with E-state index in [4.69, 9.17) is 9.84 Å². The van der Waals surface area contributed by atoms with Gasteiger partial charge in [-0.1, -0.05) is 60.7 Å². The highest BCUT2D eigenvalue weighted by molar-refractivity contribution is 5.99. The summed E-state index contributed by atoms with van der Waals surface area (Å²) in [6, 6.07) is 22.6. The molecule has 0 fully saturated rings. The average molecular weight is 401 g/mol. The van der Waals surface area contributed by atoms with Crippen LogP contribution in [0, 0.1) is 0 Å². The van der Waals surface area contributed by atoms with Crippen LogP contribution < -0.4 is 5.01 Å². The zero-order chi connectivity index (χ0) is 20.9. The summed E-state index contributed by atoms with van der Waals surface area (Å²) in [6.45, 7) is 0.0878. The molecule has 0 spiro atoms. The van der Waals surface area contributed by atoms with Crippen LogP contribution in [0.4, 0.5) is 5.82 Å². The van der Waals surface area contributed by atoms with Crippen LogP contribution in [-0.4, -0.2) is 34.5 Å². The fraction of sp³-hybridized carbons (Fsp3) is 0.130. The maximum absolute atomic E-state index is 12.4. The third kappa shape index (κ3) is 4.52. The van der Waals surface area contributed by atoms with Gasteiger partial charge in [-0.15, -0.1) is 5.10 Å². The largest absolute Gasteiger partial charge is 0.477 e. The van der Waals surface area contributed by atoms with Gasteiger partial charge in [-0.25, -0.2) is 14.8 Å². The standard InChI is InChI=1S/C23H19N3O4/c27-19(13-16-9-11-18(12-10-16)17-5-2-1-3-6-17)14-22-25-26(15-30-22)21-8-4-7-20(24-21)23(28)29/h1-12H,13-15H2,(H,28,29). The maximum atomic E-state index is 12.4. The summed E-state index contributed by atoms with van der Waals surface area (Å²) in [7, 11) is 0. The number of hydrogen-bond acceptors (Lipinski definition) is 6. The Kier molecular flexibility index (Phi) is 5.52. The summed E-state index contributed by atoms with van der Waals surface area (Å²) in [6.07, 6.45) is 0.347. The molecule has 7 heteroatoms. The molecule has 2 aromatic carbocycles. The summed E-state index contributed by atoms with van der Waals surface area (Å²) in [5.41, 5.74) is 3.07. The quantitative estimate of drug-likeness (QED) is 0.648. The number of pyridine rings is 1. The molecule has 1 aliphatic heterocycles. The van der Waals surface area contributed by atoms with Gasteiger partial charge in [0.1, 0.15) is 5.78 Å². The van der Waals surface area contributed by atoms with Crippen LogP contribution in [0.1, 0.15) is 22.5 Å². The molecule has 0 amide bonds. The number of ketones is 1. The van der Waals surface area contributed by atoms with Crippen molar-refractivity contribution in [2.75, 3.05) is 11.7 Å². The fourth-order valence-electron chi connectivity index (χ4n) is 3.12. The number of hydrogen-bond donors (Lipinski definition) is 1. The molecule has 0 radical (unpaired) electrons. The van der Waals surface area contributed by atoms with Gasteiger partial charge in [-0.3, -0.25) is 4.79 Å². The Morgan fingerprint density at radius 2 is 1.63 bits per heavy atom. The van der Waals surface area contributed by atoms with Gasteiger partial charge >= 0.3 is 5.97 Å². The summed E-state index contributed by atoms with van der Waals surface area (Å²) in [5, 5.41) is 14.7. The number of carboxylic acid groups (broad SMARTS) is 1. The molecule has 150 valence electrons. The van der Waals surface area contributed by atoms with E-state index in [1.54, 1.807) is 12.1 Å². The molecular formula is C23H19N3O4. The van der Waals surface area contributed by atoms with Crippen molar-refractivity contribution in [1.82, 2.24) is 4.98 Å². The van der Waals surface area contributed by atoms with Gasteiger partial charge in [-0.05, 0) is 28.8 Å². The van der Waals surface area contributed by atoms with Crippen LogP contribution in [0.25, 0.3) is 11.1 Å². The molecule has 0 aliphatic carbocycles. The topological polar surface area (TPSA) is 92.1 Å². The number of ether oxygens (including phenoxy) is 1. The van der Waals surface area contributed by atoms with Crippen LogP contribution in [0.15, 0.2) is 77.9 Å². The molecular weight excluding hydrogens is 382 g/mol. The van der Waals surface area contributed by atoms with Crippen LogP contribution in [0.5, 0.6) is 0 Å². The summed E-state index contributed by atoms with van der Waals surface area (Å²) >= 11 is 0. The minimum absolute atomic E-state index is 0.0182. The molecule has 7 nitrogen and oxygen atoms in total. The number of anilines is 1. The second-order valence-corrected chi connectivity index (χ2v) is 6.81. The van der Waals surface area contributed by atoms with Crippen molar-refractivity contribution in [2.45, 2.75) is 12.8 Å². The molecule has 0 saturated carbocycles. The molecule has 1 N–H and O–H groups in total. The van der Waals surface area contributed by atoms with E-state index in [0.29, 0.717) is 11.7 Å². The minimum atomic E-state index is -1.12. The SMILES string of the molecule is O=C(CC1=NN(c2cccc(C(=O)O)n2)CO1)Cc1ccc(-c2ccccc2)cc1. The average Bonchev–Trinajstić information content (AvgIpc) is 3.23. The van der Waals surface area contributed by atoms with Crippen molar-refractivity contribution >= 4 is 23.5 Å². The zero-order valence-corrected chi connectivity index (χ0v) is 16.1. The third-order valence-electron chi connectivity index (χ3n) is 4.61. The predicted molar refractivity (Wildman–Crippen MR) is 112 cm³/mol. The van der Waals surface area contributed by atoms with Crippen molar-refractivity contribution in [3.8, 4) is 11.1 Å². The number of hydrazone groups is 1. The van der Waals surface area contributed by atoms with E-state index < -0.39 is 5.97 Å². The van der Waals surface area contributed by atoms with Gasteiger partial charge < -0.3 is 9.84 Å². The van der Waals surface area contributed by atoms with E-state index >= 15 is 0 Å². The second-order valence-electron chi connectivity index (χ2n) is 6.81. The first-order valence-electron chi connectivity index (χ1n) is 9.43. The van der Waals surface area contributed by atoms with Crippen LogP contribution in [0.3, 0.4) is 0 Å². The number of carbonyl (C=O) groups is 2. The van der Waals surface area contributed by atoms with Crippen molar-refractivity contribution in [3.05, 3.63) is 84.1 Å². The van der Waals surface area contributed by atoms with E-state index in [0.717, 1.165) is 16.7 Å². The molecule has 1 aromatic heterocycles. The Bertz CT molecular complexity index is 1090. The second kappa shape index (κ2) is 8.57. The van der Waals surface area contributed by atoms with E-state index in [9.17, 15) is 9.59 Å².